The number of epoxide rings is 1. The van der Waals surface area contributed by atoms with Crippen molar-refractivity contribution >= 4 is 16.6 Å². The van der Waals surface area contributed by atoms with Crippen molar-refractivity contribution < 1.29 is 52.9 Å². The Balaban J connectivity index is 1.54. The zero-order chi connectivity index (χ0) is 27.5. The monoisotopic (exact) mass is 540 g/mol. The number of Topliss-reactive ketones (excluding diaryl/α,β-unsaturated/α-hetero) is 1. The number of methoxy groups -OCH3 is 3. The summed E-state index contributed by atoms with van der Waals surface area (Å²) >= 11 is 0. The number of rotatable bonds is 6. The highest BCUT2D eigenvalue weighted by molar-refractivity contribution is 6.11. The zero-order valence-electron chi connectivity index (χ0n) is 21.9. The summed E-state index contributed by atoms with van der Waals surface area (Å²) in [5.41, 5.74) is 0.305. The molecule has 2 N–H and O–H groups in total. The number of benzene rings is 2. The number of aromatic hydroxyl groups is 1. The minimum absolute atomic E-state index is 0.0104. The van der Waals surface area contributed by atoms with Gasteiger partial charge in [0.15, 0.2) is 11.9 Å². The Hall–Kier alpha value is -2.95. The van der Waals surface area contributed by atoms with Crippen LogP contribution in [0.1, 0.15) is 52.1 Å². The number of carbonyl (C=O) groups is 1. The molecule has 0 amide bonds. The van der Waals surface area contributed by atoms with E-state index in [2.05, 4.69) is 5.92 Å². The normalized spacial score (nSPS) is 35.2. The van der Waals surface area contributed by atoms with Crippen LogP contribution in [-0.4, -0.2) is 80.1 Å². The maximum Gasteiger partial charge on any atom is 0.278 e. The van der Waals surface area contributed by atoms with Gasteiger partial charge in [-0.1, -0.05) is 5.92 Å². The Morgan fingerprint density at radius 3 is 2.62 bits per heavy atom. The molecule has 2 bridgehead atoms. The summed E-state index contributed by atoms with van der Waals surface area (Å²) in [5, 5.41) is 23.1. The molecule has 6 atom stereocenters. The lowest BCUT2D eigenvalue weighted by Crippen LogP contribution is -2.70. The van der Waals surface area contributed by atoms with Gasteiger partial charge in [0.2, 0.25) is 11.9 Å². The van der Waals surface area contributed by atoms with E-state index in [0.29, 0.717) is 10.9 Å². The molecule has 0 aromatic heterocycles. The molecule has 11 heteroatoms. The SMILES string of the molecule is C#CCO[C@@]12Oc3c(c(C)cc4c(OC)c5c(c(O)c34)C(=O)CC[C@@H]5O)C3OC(C(OC)OC)(OC31)[C@]21CO1. The summed E-state index contributed by atoms with van der Waals surface area (Å²) in [6.07, 6.45) is 2.36. The fourth-order valence-electron chi connectivity index (χ4n) is 7.08. The van der Waals surface area contributed by atoms with Crippen LogP contribution in [0.4, 0.5) is 0 Å². The van der Waals surface area contributed by atoms with E-state index in [1.807, 2.05) is 13.0 Å². The molecular formula is C28H28O11. The van der Waals surface area contributed by atoms with E-state index in [1.165, 1.54) is 21.3 Å². The van der Waals surface area contributed by atoms with Gasteiger partial charge < -0.3 is 48.1 Å². The second kappa shape index (κ2) is 8.05. The molecule has 0 radical (unpaired) electrons. The first-order valence-electron chi connectivity index (χ1n) is 12.7. The Bertz CT molecular complexity index is 1470. The smallest absolute Gasteiger partial charge is 0.278 e. The molecule has 4 heterocycles. The molecule has 3 unspecified atom stereocenters. The van der Waals surface area contributed by atoms with Gasteiger partial charge in [0, 0.05) is 37.2 Å². The lowest BCUT2D eigenvalue weighted by molar-refractivity contribution is -0.349. The number of phenolic OH excluding ortho intramolecular Hbond substituents is 1. The van der Waals surface area contributed by atoms with E-state index in [1.54, 1.807) is 0 Å². The average molecular weight is 541 g/mol. The Labute approximate surface area is 223 Å². The third-order valence-corrected chi connectivity index (χ3v) is 8.68. The molecule has 3 saturated heterocycles. The fraction of sp³-hybridized carbons (Fsp3) is 0.536. The average Bonchev–Trinajstić information content (AvgIpc) is 3.59. The standard InChI is InChI=1S/C28H28O11/c1-6-9-35-27-24-23(38-28(39-24,25(33-4)34-5)26(27)11-36-26)16-12(2)10-13-17(22(16)37-27)20(31)18-14(29)7-8-15(30)19(18)21(13)32-3/h1,10,15,23-25,30-31H,7-9,11H2,2-5H3/t15-,23?,24?,26-,27+,28?/m0/s1. The summed E-state index contributed by atoms with van der Waals surface area (Å²) in [6, 6.07) is 1.81. The first-order valence-corrected chi connectivity index (χ1v) is 12.7. The van der Waals surface area contributed by atoms with Crippen LogP contribution in [0.25, 0.3) is 10.8 Å². The quantitative estimate of drug-likeness (QED) is 0.317. The molecular weight excluding hydrogens is 512 g/mol. The van der Waals surface area contributed by atoms with Crippen molar-refractivity contribution in [1.82, 2.24) is 0 Å². The molecule has 1 spiro atoms. The van der Waals surface area contributed by atoms with E-state index in [9.17, 15) is 15.0 Å². The van der Waals surface area contributed by atoms with Gasteiger partial charge in [0.05, 0.1) is 30.8 Å². The van der Waals surface area contributed by atoms with Crippen molar-refractivity contribution in [2.45, 2.75) is 61.5 Å². The van der Waals surface area contributed by atoms with Crippen molar-refractivity contribution in [1.29, 1.82) is 0 Å². The number of ketones is 1. The number of aliphatic hydroxyl groups is 1. The molecule has 1 aliphatic carbocycles. The van der Waals surface area contributed by atoms with Gasteiger partial charge in [-0.3, -0.25) is 4.79 Å². The topological polar surface area (TPSA) is 135 Å². The molecule has 206 valence electrons. The number of phenols is 1. The van der Waals surface area contributed by atoms with E-state index in [-0.39, 0.29) is 65.6 Å². The highest BCUT2D eigenvalue weighted by atomic mass is 16.9. The lowest BCUT2D eigenvalue weighted by atomic mass is 9.78. The first-order chi connectivity index (χ1) is 18.8. The Morgan fingerprint density at radius 1 is 1.23 bits per heavy atom. The van der Waals surface area contributed by atoms with Crippen molar-refractivity contribution in [2.75, 3.05) is 34.5 Å². The van der Waals surface area contributed by atoms with Crippen LogP contribution < -0.4 is 9.47 Å². The van der Waals surface area contributed by atoms with Gasteiger partial charge in [-0.15, -0.1) is 6.42 Å². The fourth-order valence-corrected chi connectivity index (χ4v) is 7.08. The third-order valence-electron chi connectivity index (χ3n) is 8.68. The van der Waals surface area contributed by atoms with Crippen LogP contribution in [0, 0.1) is 19.3 Å². The molecule has 2 aromatic rings. The van der Waals surface area contributed by atoms with Crippen LogP contribution in [0.3, 0.4) is 0 Å². The number of terminal acetylenes is 1. The first kappa shape index (κ1) is 25.0. The maximum atomic E-state index is 13.0. The molecule has 3 fully saturated rings. The number of ether oxygens (including phenoxy) is 8. The third kappa shape index (κ3) is 2.70. The van der Waals surface area contributed by atoms with E-state index in [0.717, 1.165) is 5.56 Å². The summed E-state index contributed by atoms with van der Waals surface area (Å²) in [7, 11) is 4.39. The van der Waals surface area contributed by atoms with Crippen molar-refractivity contribution in [2.24, 2.45) is 0 Å². The summed E-state index contributed by atoms with van der Waals surface area (Å²) < 4.78 is 49.1. The van der Waals surface area contributed by atoms with Crippen LogP contribution in [0.5, 0.6) is 17.2 Å². The van der Waals surface area contributed by atoms with E-state index in [4.69, 9.17) is 44.3 Å². The predicted molar refractivity (Wildman–Crippen MR) is 131 cm³/mol. The highest BCUT2D eigenvalue weighted by Gasteiger charge is 2.93. The number of hydrogen-bond acceptors (Lipinski definition) is 11. The van der Waals surface area contributed by atoms with Crippen molar-refractivity contribution in [3.05, 3.63) is 28.3 Å². The number of aryl methyl sites for hydroxylation is 1. The molecule has 5 aliphatic rings. The van der Waals surface area contributed by atoms with Gasteiger partial charge in [-0.05, 0) is 25.0 Å². The summed E-state index contributed by atoms with van der Waals surface area (Å²) in [4.78, 5) is 13.0. The largest absolute Gasteiger partial charge is 0.506 e. The van der Waals surface area contributed by atoms with Gasteiger partial charge >= 0.3 is 0 Å². The molecule has 2 aromatic carbocycles. The Morgan fingerprint density at radius 2 is 1.97 bits per heavy atom. The van der Waals surface area contributed by atoms with Crippen molar-refractivity contribution in [3.8, 4) is 29.6 Å². The summed E-state index contributed by atoms with van der Waals surface area (Å²) in [5.74, 6) is -0.738. The Kier molecular flexibility index (Phi) is 5.17. The van der Waals surface area contributed by atoms with E-state index >= 15 is 0 Å². The molecule has 0 saturated carbocycles. The van der Waals surface area contributed by atoms with Gasteiger partial charge in [-0.25, -0.2) is 0 Å². The van der Waals surface area contributed by atoms with Gasteiger partial charge in [0.1, 0.15) is 30.0 Å². The number of aliphatic hydroxyl groups excluding tert-OH is 1. The predicted octanol–water partition coefficient (Wildman–Crippen LogP) is 2.17. The van der Waals surface area contributed by atoms with E-state index < -0.39 is 41.8 Å². The molecule has 11 nitrogen and oxygen atoms in total. The number of carbonyl (C=O) groups excluding carboxylic acids is 1. The highest BCUT2D eigenvalue weighted by Crippen LogP contribution is 2.72. The maximum absolute atomic E-state index is 13.0. The molecule has 39 heavy (non-hydrogen) atoms. The van der Waals surface area contributed by atoms with Crippen LogP contribution in [-0.2, 0) is 28.4 Å². The second-order valence-electron chi connectivity index (χ2n) is 10.4. The van der Waals surface area contributed by atoms with Gasteiger partial charge in [0.25, 0.3) is 11.6 Å². The van der Waals surface area contributed by atoms with Crippen LogP contribution >= 0.6 is 0 Å². The second-order valence-corrected chi connectivity index (χ2v) is 10.4. The zero-order valence-corrected chi connectivity index (χ0v) is 21.9. The lowest BCUT2D eigenvalue weighted by Gasteiger charge is -2.49. The number of hydrogen-bond donors (Lipinski definition) is 2. The van der Waals surface area contributed by atoms with Crippen molar-refractivity contribution in [3.63, 3.8) is 0 Å². The molecule has 7 rings (SSSR count). The van der Waals surface area contributed by atoms with Crippen LogP contribution in [0.2, 0.25) is 0 Å². The molecule has 4 aliphatic heterocycles. The summed E-state index contributed by atoms with van der Waals surface area (Å²) in [6.45, 7) is 1.87. The minimum Gasteiger partial charge on any atom is -0.506 e. The number of fused-ring (bicyclic) bond motifs is 8. The minimum atomic E-state index is -1.59. The van der Waals surface area contributed by atoms with Gasteiger partial charge in [-0.2, -0.15) is 0 Å². The van der Waals surface area contributed by atoms with Crippen LogP contribution in [0.15, 0.2) is 6.07 Å².